The number of amides is 1. The number of halogens is 2. The third kappa shape index (κ3) is 3.57. The lowest BCUT2D eigenvalue weighted by Gasteiger charge is -2.05. The molecule has 1 amide bonds. The molecule has 0 spiro atoms. The molecule has 1 heterocycles. The molecule has 2 aromatic rings. The maximum atomic E-state index is 12.9. The van der Waals surface area contributed by atoms with Crippen LogP contribution in [0.3, 0.4) is 0 Å². The van der Waals surface area contributed by atoms with Crippen LogP contribution in [0.5, 0.6) is 0 Å². The average Bonchev–Trinajstić information content (AvgIpc) is 2.91. The maximum Gasteiger partial charge on any atom is 0.251 e. The van der Waals surface area contributed by atoms with Crippen LogP contribution in [0.15, 0.2) is 30.9 Å². The molecule has 7 heteroatoms. The highest BCUT2D eigenvalue weighted by Gasteiger charge is 2.08. The highest BCUT2D eigenvalue weighted by atomic mass is 19.2. The van der Waals surface area contributed by atoms with Crippen molar-refractivity contribution in [1.29, 1.82) is 0 Å². The Morgan fingerprint density at radius 1 is 1.32 bits per heavy atom. The fourth-order valence-electron chi connectivity index (χ4n) is 1.53. The molecule has 5 nitrogen and oxygen atoms in total. The summed E-state index contributed by atoms with van der Waals surface area (Å²) in [5, 5.41) is 6.53. The van der Waals surface area contributed by atoms with Gasteiger partial charge in [0.1, 0.15) is 12.7 Å². The van der Waals surface area contributed by atoms with Gasteiger partial charge >= 0.3 is 0 Å². The minimum absolute atomic E-state index is 0.0969. The van der Waals surface area contributed by atoms with Crippen molar-refractivity contribution in [3.05, 3.63) is 48.1 Å². The minimum Gasteiger partial charge on any atom is -0.352 e. The average molecular weight is 266 g/mol. The number of carbonyl (C=O) groups excluding carboxylic acids is 1. The molecule has 0 fully saturated rings. The number of aromatic nitrogens is 3. The summed E-state index contributed by atoms with van der Waals surface area (Å²) in [5.74, 6) is -2.43. The topological polar surface area (TPSA) is 59.8 Å². The first-order chi connectivity index (χ1) is 9.16. The molecule has 0 aliphatic rings. The van der Waals surface area contributed by atoms with E-state index in [0.29, 0.717) is 19.5 Å². The second-order valence-electron chi connectivity index (χ2n) is 3.90. The lowest BCUT2D eigenvalue weighted by atomic mass is 10.2. The number of benzene rings is 1. The van der Waals surface area contributed by atoms with Crippen LogP contribution in [0.2, 0.25) is 0 Å². The summed E-state index contributed by atoms with van der Waals surface area (Å²) in [6.07, 6.45) is 3.68. The summed E-state index contributed by atoms with van der Waals surface area (Å²) < 4.78 is 27.3. The molecule has 0 aliphatic carbocycles. The van der Waals surface area contributed by atoms with Crippen LogP contribution in [0.1, 0.15) is 16.8 Å². The number of carbonyl (C=O) groups is 1. The Balaban J connectivity index is 1.79. The predicted molar refractivity (Wildman–Crippen MR) is 63.3 cm³/mol. The maximum absolute atomic E-state index is 12.9. The molecule has 1 aromatic heterocycles. The summed E-state index contributed by atoms with van der Waals surface area (Å²) in [6, 6.07) is 3.05. The molecule has 0 saturated carbocycles. The van der Waals surface area contributed by atoms with Gasteiger partial charge in [0.25, 0.3) is 5.91 Å². The molecule has 0 saturated heterocycles. The molecular weight excluding hydrogens is 254 g/mol. The fourth-order valence-corrected chi connectivity index (χ4v) is 1.53. The number of hydrogen-bond donors (Lipinski definition) is 1. The molecule has 0 aliphatic heterocycles. The largest absolute Gasteiger partial charge is 0.352 e. The standard InChI is InChI=1S/C12H12F2N4O/c13-10-3-2-9(6-11(10)14)12(19)16-4-1-5-18-8-15-7-17-18/h2-3,6-8H,1,4-5H2,(H,16,19). The molecule has 1 N–H and O–H groups in total. The first-order valence-corrected chi connectivity index (χ1v) is 5.72. The monoisotopic (exact) mass is 266 g/mol. The van der Waals surface area contributed by atoms with Crippen molar-refractivity contribution in [1.82, 2.24) is 20.1 Å². The van der Waals surface area contributed by atoms with Gasteiger partial charge in [0.05, 0.1) is 0 Å². The van der Waals surface area contributed by atoms with Gasteiger partial charge in [-0.25, -0.2) is 13.8 Å². The normalized spacial score (nSPS) is 10.4. The van der Waals surface area contributed by atoms with Crippen LogP contribution in [0.4, 0.5) is 8.78 Å². The van der Waals surface area contributed by atoms with E-state index in [4.69, 9.17) is 0 Å². The quantitative estimate of drug-likeness (QED) is 0.832. The molecule has 0 unspecified atom stereocenters. The molecule has 100 valence electrons. The molecular formula is C12H12F2N4O. The van der Waals surface area contributed by atoms with Crippen LogP contribution >= 0.6 is 0 Å². The predicted octanol–water partition coefficient (Wildman–Crippen LogP) is 1.38. The first kappa shape index (κ1) is 13.1. The number of rotatable bonds is 5. The van der Waals surface area contributed by atoms with E-state index in [2.05, 4.69) is 15.4 Å². The van der Waals surface area contributed by atoms with Crippen molar-refractivity contribution in [3.63, 3.8) is 0 Å². The van der Waals surface area contributed by atoms with E-state index < -0.39 is 17.5 Å². The van der Waals surface area contributed by atoms with E-state index in [-0.39, 0.29) is 5.56 Å². The van der Waals surface area contributed by atoms with Gasteiger partial charge in [-0.1, -0.05) is 0 Å². The van der Waals surface area contributed by atoms with Gasteiger partial charge in [-0.3, -0.25) is 9.48 Å². The van der Waals surface area contributed by atoms with Gasteiger partial charge in [0.15, 0.2) is 11.6 Å². The number of nitrogens with one attached hydrogen (secondary N) is 1. The zero-order valence-electron chi connectivity index (χ0n) is 10.0. The summed E-state index contributed by atoms with van der Waals surface area (Å²) >= 11 is 0. The Bertz CT molecular complexity index is 557. The number of hydrogen-bond acceptors (Lipinski definition) is 3. The highest BCUT2D eigenvalue weighted by molar-refractivity contribution is 5.94. The van der Waals surface area contributed by atoms with Crippen LogP contribution in [-0.4, -0.2) is 27.2 Å². The van der Waals surface area contributed by atoms with Crippen molar-refractivity contribution in [2.45, 2.75) is 13.0 Å². The van der Waals surface area contributed by atoms with Gasteiger partial charge in [-0.15, -0.1) is 0 Å². The second-order valence-corrected chi connectivity index (χ2v) is 3.90. The first-order valence-electron chi connectivity index (χ1n) is 5.72. The Hall–Kier alpha value is -2.31. The highest BCUT2D eigenvalue weighted by Crippen LogP contribution is 2.08. The van der Waals surface area contributed by atoms with Crippen LogP contribution in [0.25, 0.3) is 0 Å². The van der Waals surface area contributed by atoms with Crippen molar-refractivity contribution < 1.29 is 13.6 Å². The molecule has 1 aromatic carbocycles. The SMILES string of the molecule is O=C(NCCCn1cncn1)c1ccc(F)c(F)c1. The van der Waals surface area contributed by atoms with Gasteiger partial charge in [0, 0.05) is 18.7 Å². The van der Waals surface area contributed by atoms with Gasteiger partial charge < -0.3 is 5.32 Å². The minimum atomic E-state index is -1.03. The Labute approximate surface area is 108 Å². The number of aryl methyl sites for hydroxylation is 1. The van der Waals surface area contributed by atoms with E-state index in [9.17, 15) is 13.6 Å². The van der Waals surface area contributed by atoms with E-state index in [1.165, 1.54) is 12.4 Å². The van der Waals surface area contributed by atoms with E-state index in [1.54, 1.807) is 11.0 Å². The van der Waals surface area contributed by atoms with E-state index in [0.717, 1.165) is 12.1 Å². The molecule has 2 rings (SSSR count). The summed E-state index contributed by atoms with van der Waals surface area (Å²) in [7, 11) is 0. The van der Waals surface area contributed by atoms with Crippen molar-refractivity contribution >= 4 is 5.91 Å². The van der Waals surface area contributed by atoms with Crippen LogP contribution < -0.4 is 5.32 Å². The molecule has 19 heavy (non-hydrogen) atoms. The Morgan fingerprint density at radius 3 is 2.84 bits per heavy atom. The van der Waals surface area contributed by atoms with Gasteiger partial charge in [0.2, 0.25) is 0 Å². The van der Waals surface area contributed by atoms with Crippen molar-refractivity contribution in [2.24, 2.45) is 0 Å². The zero-order valence-corrected chi connectivity index (χ0v) is 10.0. The lowest BCUT2D eigenvalue weighted by Crippen LogP contribution is -2.25. The molecule has 0 atom stereocenters. The summed E-state index contributed by atoms with van der Waals surface area (Å²) in [6.45, 7) is 1.04. The summed E-state index contributed by atoms with van der Waals surface area (Å²) in [5.41, 5.74) is 0.0969. The fraction of sp³-hybridized carbons (Fsp3) is 0.250. The van der Waals surface area contributed by atoms with Crippen molar-refractivity contribution in [3.8, 4) is 0 Å². The summed E-state index contributed by atoms with van der Waals surface area (Å²) in [4.78, 5) is 15.4. The number of nitrogens with zero attached hydrogens (tertiary/aromatic N) is 3. The lowest BCUT2D eigenvalue weighted by molar-refractivity contribution is 0.0952. The molecule has 0 radical (unpaired) electrons. The second kappa shape index (κ2) is 6.03. The zero-order chi connectivity index (χ0) is 13.7. The Kier molecular flexibility index (Phi) is 4.17. The smallest absolute Gasteiger partial charge is 0.251 e. The molecule has 0 bridgehead atoms. The van der Waals surface area contributed by atoms with Gasteiger partial charge in [-0.2, -0.15) is 5.10 Å². The van der Waals surface area contributed by atoms with E-state index >= 15 is 0 Å². The Morgan fingerprint density at radius 2 is 2.16 bits per heavy atom. The van der Waals surface area contributed by atoms with Gasteiger partial charge in [-0.05, 0) is 24.6 Å². The van der Waals surface area contributed by atoms with E-state index in [1.807, 2.05) is 0 Å². The van der Waals surface area contributed by atoms with Crippen LogP contribution in [0, 0.1) is 11.6 Å². The van der Waals surface area contributed by atoms with Crippen LogP contribution in [-0.2, 0) is 6.54 Å². The third-order valence-corrected chi connectivity index (χ3v) is 2.50. The van der Waals surface area contributed by atoms with Crippen molar-refractivity contribution in [2.75, 3.05) is 6.54 Å². The third-order valence-electron chi connectivity index (χ3n) is 2.50.